The van der Waals surface area contributed by atoms with Crippen molar-refractivity contribution in [2.45, 2.75) is 12.3 Å². The van der Waals surface area contributed by atoms with Gasteiger partial charge in [0.1, 0.15) is 9.84 Å². The monoisotopic (exact) mass is 275 g/mol. The van der Waals surface area contributed by atoms with E-state index in [0.717, 1.165) is 17.4 Å². The molecule has 4 nitrogen and oxygen atoms in total. The highest BCUT2D eigenvalue weighted by atomic mass is 32.2. The van der Waals surface area contributed by atoms with Crippen molar-refractivity contribution < 1.29 is 12.6 Å². The molecule has 96 valence electrons. The Bertz CT molecular complexity index is 497. The van der Waals surface area contributed by atoms with Crippen LogP contribution >= 0.6 is 0 Å². The zero-order valence-corrected chi connectivity index (χ0v) is 11.4. The lowest BCUT2D eigenvalue weighted by molar-refractivity contribution is 0.602. The lowest BCUT2D eigenvalue weighted by atomic mass is 10.1. The fraction of sp³-hybridized carbons (Fsp3) is 0.455. The average molecular weight is 275 g/mol. The second-order valence-corrected chi connectivity index (χ2v) is 7.78. The van der Waals surface area contributed by atoms with Gasteiger partial charge in [-0.15, -0.1) is 0 Å². The number of sulfone groups is 1. The highest BCUT2D eigenvalue weighted by Crippen LogP contribution is 2.07. The summed E-state index contributed by atoms with van der Waals surface area (Å²) < 4.78 is 33.5. The van der Waals surface area contributed by atoms with Gasteiger partial charge in [-0.3, -0.25) is 4.21 Å². The summed E-state index contributed by atoms with van der Waals surface area (Å²) in [7, 11) is -4.19. The van der Waals surface area contributed by atoms with Gasteiger partial charge in [-0.1, -0.05) is 24.3 Å². The van der Waals surface area contributed by atoms with E-state index in [1.54, 1.807) is 0 Å². The average Bonchev–Trinajstić information content (AvgIpc) is 2.26. The summed E-state index contributed by atoms with van der Waals surface area (Å²) in [5.41, 5.74) is 7.43. The van der Waals surface area contributed by atoms with E-state index in [1.165, 1.54) is 0 Å². The molecule has 0 heterocycles. The molecule has 2 N–H and O–H groups in total. The van der Waals surface area contributed by atoms with E-state index >= 15 is 0 Å². The molecule has 0 fully saturated rings. The molecule has 6 heteroatoms. The van der Waals surface area contributed by atoms with Crippen LogP contribution in [0, 0.1) is 0 Å². The van der Waals surface area contributed by atoms with Gasteiger partial charge in [0.2, 0.25) is 0 Å². The molecule has 0 saturated carbocycles. The lowest BCUT2D eigenvalue weighted by Gasteiger charge is -2.04. The van der Waals surface area contributed by atoms with Crippen LogP contribution in [0.1, 0.15) is 11.1 Å². The summed E-state index contributed by atoms with van der Waals surface area (Å²) in [6.45, 7) is 0.448. The van der Waals surface area contributed by atoms with Gasteiger partial charge in [0, 0.05) is 35.1 Å². The number of benzene rings is 1. The largest absolute Gasteiger partial charge is 0.326 e. The molecule has 0 aromatic heterocycles. The molecular formula is C11H17NO3S2. The van der Waals surface area contributed by atoms with Crippen LogP contribution in [-0.2, 0) is 32.9 Å². The van der Waals surface area contributed by atoms with E-state index in [4.69, 9.17) is 5.73 Å². The maximum atomic E-state index is 11.7. The van der Waals surface area contributed by atoms with Crippen LogP contribution in [0.25, 0.3) is 0 Å². The molecule has 0 radical (unpaired) electrons. The molecule has 0 aliphatic rings. The Labute approximate surface area is 105 Å². The van der Waals surface area contributed by atoms with Crippen LogP contribution < -0.4 is 5.73 Å². The minimum atomic E-state index is -3.04. The minimum Gasteiger partial charge on any atom is -0.326 e. The molecule has 0 aliphatic heterocycles. The first-order valence-electron chi connectivity index (χ1n) is 5.21. The molecule has 1 atom stereocenters. The molecule has 0 saturated heterocycles. The number of rotatable bonds is 6. The van der Waals surface area contributed by atoms with Crippen LogP contribution in [0.4, 0.5) is 0 Å². The number of hydrogen-bond acceptors (Lipinski definition) is 4. The summed E-state index contributed by atoms with van der Waals surface area (Å²) >= 11 is 0. The molecule has 0 aliphatic carbocycles. The first-order valence-corrected chi connectivity index (χ1v) is 8.76. The third-order valence-electron chi connectivity index (χ3n) is 2.24. The summed E-state index contributed by atoms with van der Waals surface area (Å²) in [6, 6.07) is 7.55. The molecular weight excluding hydrogens is 258 g/mol. The smallest absolute Gasteiger partial charge is 0.148 e. The van der Waals surface area contributed by atoms with Crippen molar-refractivity contribution in [2.24, 2.45) is 5.73 Å². The second-order valence-electron chi connectivity index (χ2n) is 3.94. The van der Waals surface area contributed by atoms with Crippen LogP contribution in [-0.4, -0.2) is 30.4 Å². The standard InChI is InChI=1S/C11H17NO3S2/c1-17(14,15)6-5-16(13)9-11-4-2-3-10(7-11)8-12/h2-4,7H,5-6,8-9,12H2,1H3. The van der Waals surface area contributed by atoms with Crippen molar-refractivity contribution in [3.05, 3.63) is 35.4 Å². The predicted octanol–water partition coefficient (Wildman–Crippen LogP) is 0.439. The highest BCUT2D eigenvalue weighted by molar-refractivity contribution is 7.92. The molecule has 1 aromatic rings. The van der Waals surface area contributed by atoms with Gasteiger partial charge in [0.15, 0.2) is 0 Å². The van der Waals surface area contributed by atoms with Gasteiger partial charge in [-0.25, -0.2) is 8.42 Å². The summed E-state index contributed by atoms with van der Waals surface area (Å²) in [4.78, 5) is 0. The van der Waals surface area contributed by atoms with E-state index in [2.05, 4.69) is 0 Å². The van der Waals surface area contributed by atoms with Crippen LogP contribution in [0.15, 0.2) is 24.3 Å². The van der Waals surface area contributed by atoms with Gasteiger partial charge in [-0.2, -0.15) is 0 Å². The molecule has 0 amide bonds. The van der Waals surface area contributed by atoms with Gasteiger partial charge in [0.05, 0.1) is 5.75 Å². The summed E-state index contributed by atoms with van der Waals surface area (Å²) in [5, 5.41) is 0. The van der Waals surface area contributed by atoms with Crippen molar-refractivity contribution in [2.75, 3.05) is 17.8 Å². The molecule has 1 aromatic carbocycles. The zero-order chi connectivity index (χ0) is 12.9. The molecule has 0 spiro atoms. The van der Waals surface area contributed by atoms with Crippen LogP contribution in [0.5, 0.6) is 0 Å². The van der Waals surface area contributed by atoms with E-state index in [1.807, 2.05) is 24.3 Å². The fourth-order valence-electron chi connectivity index (χ4n) is 1.35. The Kier molecular flexibility index (Phi) is 5.30. The first-order chi connectivity index (χ1) is 7.90. The zero-order valence-electron chi connectivity index (χ0n) is 9.76. The molecule has 1 unspecified atom stereocenters. The molecule has 17 heavy (non-hydrogen) atoms. The predicted molar refractivity (Wildman–Crippen MR) is 70.8 cm³/mol. The second kappa shape index (κ2) is 6.28. The van der Waals surface area contributed by atoms with Crippen molar-refractivity contribution >= 4 is 20.6 Å². The molecule has 0 bridgehead atoms. The van der Waals surface area contributed by atoms with E-state index in [9.17, 15) is 12.6 Å². The molecule has 1 rings (SSSR count). The SMILES string of the molecule is CS(=O)(=O)CCS(=O)Cc1cccc(CN)c1. The Morgan fingerprint density at radius 1 is 1.29 bits per heavy atom. The number of hydrogen-bond donors (Lipinski definition) is 1. The van der Waals surface area contributed by atoms with Crippen molar-refractivity contribution in [1.82, 2.24) is 0 Å². The normalized spacial score (nSPS) is 13.5. The van der Waals surface area contributed by atoms with Crippen molar-refractivity contribution in [1.29, 1.82) is 0 Å². The van der Waals surface area contributed by atoms with Crippen molar-refractivity contribution in [3.8, 4) is 0 Å². The highest BCUT2D eigenvalue weighted by Gasteiger charge is 2.07. The summed E-state index contributed by atoms with van der Waals surface area (Å²) in [5.74, 6) is 0.533. The minimum absolute atomic E-state index is 0.0316. The Morgan fingerprint density at radius 2 is 1.94 bits per heavy atom. The van der Waals surface area contributed by atoms with Gasteiger partial charge < -0.3 is 5.73 Å². The van der Waals surface area contributed by atoms with Crippen LogP contribution in [0.2, 0.25) is 0 Å². The van der Waals surface area contributed by atoms with Gasteiger partial charge in [-0.05, 0) is 11.1 Å². The van der Waals surface area contributed by atoms with Gasteiger partial charge in [0.25, 0.3) is 0 Å². The Morgan fingerprint density at radius 3 is 2.53 bits per heavy atom. The van der Waals surface area contributed by atoms with Crippen LogP contribution in [0.3, 0.4) is 0 Å². The van der Waals surface area contributed by atoms with Gasteiger partial charge >= 0.3 is 0 Å². The fourth-order valence-corrected chi connectivity index (χ4v) is 4.00. The first kappa shape index (κ1) is 14.3. The lowest BCUT2D eigenvalue weighted by Crippen LogP contribution is -2.12. The third-order valence-corrected chi connectivity index (χ3v) is 4.76. The Hall–Kier alpha value is -0.720. The Balaban J connectivity index is 2.56. The van der Waals surface area contributed by atoms with E-state index in [-0.39, 0.29) is 11.5 Å². The maximum Gasteiger partial charge on any atom is 0.148 e. The van der Waals surface area contributed by atoms with E-state index < -0.39 is 20.6 Å². The summed E-state index contributed by atoms with van der Waals surface area (Å²) in [6.07, 6.45) is 1.15. The van der Waals surface area contributed by atoms with E-state index in [0.29, 0.717) is 12.3 Å². The topological polar surface area (TPSA) is 77.2 Å². The quantitative estimate of drug-likeness (QED) is 0.817. The van der Waals surface area contributed by atoms with Crippen molar-refractivity contribution in [3.63, 3.8) is 0 Å². The third kappa shape index (κ3) is 5.95. The number of nitrogens with two attached hydrogens (primary N) is 1. The maximum absolute atomic E-state index is 11.7.